The number of benzene rings is 2. The van der Waals surface area contributed by atoms with Gasteiger partial charge in [-0.2, -0.15) is 0 Å². The van der Waals surface area contributed by atoms with Gasteiger partial charge >= 0.3 is 0 Å². The number of nitrogens with two attached hydrogens (primary N) is 1. The molecule has 1 saturated heterocycles. The number of nitrogens with one attached hydrogen (secondary N) is 1. The van der Waals surface area contributed by atoms with Gasteiger partial charge in [-0.15, -0.1) is 0 Å². The molecule has 1 amide bonds. The maximum absolute atomic E-state index is 12.5. The smallest absolute Gasteiger partial charge is 0.262 e. The molecule has 0 spiro atoms. The molecule has 1 heterocycles. The maximum Gasteiger partial charge on any atom is 0.262 e. The van der Waals surface area contributed by atoms with Crippen molar-refractivity contribution in [2.24, 2.45) is 0 Å². The van der Waals surface area contributed by atoms with E-state index < -0.39 is 0 Å². The third-order valence-corrected chi connectivity index (χ3v) is 5.06. The molecule has 3 N–H and O–H groups in total. The first-order valence-corrected chi connectivity index (χ1v) is 9.78. The highest BCUT2D eigenvalue weighted by molar-refractivity contribution is 5.96. The number of nitrogen functional groups attached to an aromatic ring is 1. The second-order valence-electron chi connectivity index (χ2n) is 7.63. The van der Waals surface area contributed by atoms with E-state index in [-0.39, 0.29) is 12.5 Å². The van der Waals surface area contributed by atoms with E-state index in [4.69, 9.17) is 10.5 Å². The van der Waals surface area contributed by atoms with Gasteiger partial charge in [-0.05, 0) is 48.9 Å². The number of ether oxygens (including phenoxy) is 1. The third-order valence-electron chi connectivity index (χ3n) is 5.06. The molecule has 0 saturated carbocycles. The van der Waals surface area contributed by atoms with Crippen LogP contribution >= 0.6 is 0 Å². The molecule has 1 fully saturated rings. The van der Waals surface area contributed by atoms with Crippen LogP contribution in [0.3, 0.4) is 0 Å². The van der Waals surface area contributed by atoms with Crippen molar-refractivity contribution < 1.29 is 9.53 Å². The highest BCUT2D eigenvalue weighted by Crippen LogP contribution is 2.29. The van der Waals surface area contributed by atoms with Gasteiger partial charge in [0.1, 0.15) is 5.75 Å². The van der Waals surface area contributed by atoms with Crippen LogP contribution in [0.4, 0.5) is 17.1 Å². The van der Waals surface area contributed by atoms with Crippen LogP contribution in [-0.2, 0) is 4.79 Å². The Bertz CT molecular complexity index is 797. The summed E-state index contributed by atoms with van der Waals surface area (Å²) in [4.78, 5) is 17.0. The van der Waals surface area contributed by atoms with E-state index in [2.05, 4.69) is 36.0 Å². The lowest BCUT2D eigenvalue weighted by molar-refractivity contribution is -0.118. The molecule has 28 heavy (non-hydrogen) atoms. The molecule has 0 atom stereocenters. The summed E-state index contributed by atoms with van der Waals surface area (Å²) >= 11 is 0. The quantitative estimate of drug-likeness (QED) is 0.751. The molecule has 0 radical (unpaired) electrons. The standard InChI is InChI=1S/C22H30N4O2/c1-16(2)17-4-7-19(8-5-17)28-15-22(27)24-20-14-18(23)6-9-21(20)26-12-10-25(3)11-13-26/h4-9,14,16H,10-13,15,23H2,1-3H3,(H,24,27). The summed E-state index contributed by atoms with van der Waals surface area (Å²) in [6.45, 7) is 8.07. The van der Waals surface area contributed by atoms with Crippen LogP contribution < -0.4 is 20.7 Å². The number of piperazine rings is 1. The van der Waals surface area contributed by atoms with Crippen LogP contribution in [0.1, 0.15) is 25.3 Å². The monoisotopic (exact) mass is 382 g/mol. The molecule has 3 rings (SSSR count). The number of nitrogens with zero attached hydrogens (tertiary/aromatic N) is 2. The highest BCUT2D eigenvalue weighted by Gasteiger charge is 2.18. The summed E-state index contributed by atoms with van der Waals surface area (Å²) in [6.07, 6.45) is 0. The van der Waals surface area contributed by atoms with Crippen molar-refractivity contribution in [3.63, 3.8) is 0 Å². The van der Waals surface area contributed by atoms with Crippen LogP contribution in [0.25, 0.3) is 0 Å². The Morgan fingerprint density at radius 1 is 1.11 bits per heavy atom. The minimum Gasteiger partial charge on any atom is -0.484 e. The molecule has 0 bridgehead atoms. The number of rotatable bonds is 6. The second-order valence-corrected chi connectivity index (χ2v) is 7.63. The molecule has 0 aromatic heterocycles. The molecule has 1 aliphatic rings. The predicted molar refractivity (Wildman–Crippen MR) is 115 cm³/mol. The number of anilines is 3. The Labute approximate surface area is 167 Å². The van der Waals surface area contributed by atoms with Crippen molar-refractivity contribution in [1.29, 1.82) is 0 Å². The number of likely N-dealkylation sites (N-methyl/N-ethyl adjacent to an activating group) is 1. The number of hydrogen-bond donors (Lipinski definition) is 2. The Balaban J connectivity index is 1.62. The first-order chi connectivity index (χ1) is 13.4. The minimum absolute atomic E-state index is 0.0436. The second kappa shape index (κ2) is 8.97. The molecule has 150 valence electrons. The van der Waals surface area contributed by atoms with Crippen LogP contribution in [-0.4, -0.2) is 50.6 Å². The summed E-state index contributed by atoms with van der Waals surface area (Å²) in [5, 5.41) is 2.96. The van der Waals surface area contributed by atoms with Crippen molar-refractivity contribution in [3.05, 3.63) is 48.0 Å². The van der Waals surface area contributed by atoms with E-state index in [1.165, 1.54) is 5.56 Å². The normalized spacial score (nSPS) is 14.9. The van der Waals surface area contributed by atoms with Gasteiger partial charge in [-0.3, -0.25) is 4.79 Å². The zero-order chi connectivity index (χ0) is 20.1. The fourth-order valence-electron chi connectivity index (χ4n) is 3.26. The fraction of sp³-hybridized carbons (Fsp3) is 0.409. The van der Waals surface area contributed by atoms with Crippen molar-refractivity contribution in [3.8, 4) is 5.75 Å². The van der Waals surface area contributed by atoms with Crippen LogP contribution in [0.5, 0.6) is 5.75 Å². The van der Waals surface area contributed by atoms with Crippen molar-refractivity contribution in [1.82, 2.24) is 4.90 Å². The highest BCUT2D eigenvalue weighted by atomic mass is 16.5. The summed E-state index contributed by atoms with van der Waals surface area (Å²) in [7, 11) is 2.12. The van der Waals surface area contributed by atoms with E-state index in [1.807, 2.05) is 42.5 Å². The minimum atomic E-state index is -0.200. The molecule has 6 heteroatoms. The van der Waals surface area contributed by atoms with Gasteiger partial charge in [0.05, 0.1) is 11.4 Å². The Morgan fingerprint density at radius 2 is 1.79 bits per heavy atom. The van der Waals surface area contributed by atoms with E-state index in [1.54, 1.807) is 0 Å². The van der Waals surface area contributed by atoms with Gasteiger partial charge < -0.3 is 25.6 Å². The lowest BCUT2D eigenvalue weighted by Crippen LogP contribution is -2.44. The zero-order valence-corrected chi connectivity index (χ0v) is 16.9. The van der Waals surface area contributed by atoms with Gasteiger partial charge in [-0.1, -0.05) is 26.0 Å². The summed E-state index contributed by atoms with van der Waals surface area (Å²) < 4.78 is 5.64. The van der Waals surface area contributed by atoms with Crippen LogP contribution in [0.15, 0.2) is 42.5 Å². The SMILES string of the molecule is CC(C)c1ccc(OCC(=O)Nc2cc(N)ccc2N2CCN(C)CC2)cc1. The van der Waals surface area contributed by atoms with Crippen LogP contribution in [0, 0.1) is 0 Å². The average Bonchev–Trinajstić information content (AvgIpc) is 2.68. The van der Waals surface area contributed by atoms with Crippen molar-refractivity contribution in [2.45, 2.75) is 19.8 Å². The van der Waals surface area contributed by atoms with Crippen molar-refractivity contribution >= 4 is 23.0 Å². The summed E-state index contributed by atoms with van der Waals surface area (Å²) in [5.41, 5.74) is 9.54. The number of amides is 1. The van der Waals surface area contributed by atoms with Gasteiger partial charge in [0, 0.05) is 31.9 Å². The van der Waals surface area contributed by atoms with Gasteiger partial charge in [-0.25, -0.2) is 0 Å². The lowest BCUT2D eigenvalue weighted by atomic mass is 10.0. The molecule has 2 aromatic rings. The summed E-state index contributed by atoms with van der Waals surface area (Å²) in [5.74, 6) is 0.953. The Morgan fingerprint density at radius 3 is 2.43 bits per heavy atom. The van der Waals surface area contributed by atoms with E-state index >= 15 is 0 Å². The number of hydrogen-bond acceptors (Lipinski definition) is 5. The largest absolute Gasteiger partial charge is 0.484 e. The predicted octanol–water partition coefficient (Wildman–Crippen LogP) is 3.16. The summed E-state index contributed by atoms with van der Waals surface area (Å²) in [6, 6.07) is 13.5. The molecule has 1 aliphatic heterocycles. The van der Waals surface area contributed by atoms with E-state index in [0.717, 1.165) is 37.6 Å². The zero-order valence-electron chi connectivity index (χ0n) is 16.9. The van der Waals surface area contributed by atoms with E-state index in [0.29, 0.717) is 17.4 Å². The molecule has 6 nitrogen and oxygen atoms in total. The van der Waals surface area contributed by atoms with Crippen molar-refractivity contribution in [2.75, 3.05) is 55.8 Å². The molecule has 0 aliphatic carbocycles. The topological polar surface area (TPSA) is 70.8 Å². The average molecular weight is 383 g/mol. The maximum atomic E-state index is 12.5. The van der Waals surface area contributed by atoms with Gasteiger partial charge in [0.25, 0.3) is 5.91 Å². The fourth-order valence-corrected chi connectivity index (χ4v) is 3.26. The van der Waals surface area contributed by atoms with E-state index in [9.17, 15) is 4.79 Å². The van der Waals surface area contributed by atoms with Gasteiger partial charge in [0.2, 0.25) is 0 Å². The molecule has 0 unspecified atom stereocenters. The lowest BCUT2D eigenvalue weighted by Gasteiger charge is -2.35. The third kappa shape index (κ3) is 5.16. The van der Waals surface area contributed by atoms with Gasteiger partial charge in [0.15, 0.2) is 6.61 Å². The first-order valence-electron chi connectivity index (χ1n) is 9.78. The Kier molecular flexibility index (Phi) is 6.41. The van der Waals surface area contributed by atoms with Crippen LogP contribution in [0.2, 0.25) is 0 Å². The number of carbonyl (C=O) groups is 1. The molecule has 2 aromatic carbocycles. The Hall–Kier alpha value is -2.73. The molecular formula is C22H30N4O2. The molecular weight excluding hydrogens is 352 g/mol. The first kappa shape index (κ1) is 20.0. The number of carbonyl (C=O) groups excluding carboxylic acids is 1.